The Bertz CT molecular complexity index is 479. The second-order valence-corrected chi connectivity index (χ2v) is 3.76. The summed E-state index contributed by atoms with van der Waals surface area (Å²) in [4.78, 5) is 8.34. The van der Waals surface area contributed by atoms with Crippen molar-refractivity contribution in [3.8, 4) is 11.4 Å². The van der Waals surface area contributed by atoms with Crippen molar-refractivity contribution < 1.29 is 9.26 Å². The van der Waals surface area contributed by atoms with Gasteiger partial charge in [-0.2, -0.15) is 4.98 Å². The molecule has 0 radical (unpaired) electrons. The lowest BCUT2D eigenvalue weighted by atomic mass is 10.2. The van der Waals surface area contributed by atoms with Crippen molar-refractivity contribution in [3.05, 3.63) is 30.4 Å². The van der Waals surface area contributed by atoms with Gasteiger partial charge in [0.05, 0.1) is 6.61 Å². The highest BCUT2D eigenvalue weighted by atomic mass is 16.5. The predicted molar refractivity (Wildman–Crippen MR) is 59.1 cm³/mol. The number of rotatable bonds is 2. The Kier molecular flexibility index (Phi) is 2.81. The fourth-order valence-electron chi connectivity index (χ4n) is 1.70. The third-order valence-corrected chi connectivity index (χ3v) is 2.56. The Balaban J connectivity index is 1.83. The smallest absolute Gasteiger partial charge is 0.257 e. The van der Waals surface area contributed by atoms with Crippen molar-refractivity contribution in [2.24, 2.45) is 0 Å². The second kappa shape index (κ2) is 4.60. The minimum atomic E-state index is -0.151. The van der Waals surface area contributed by atoms with Gasteiger partial charge in [-0.05, 0) is 12.1 Å². The molecule has 88 valence electrons. The molecule has 0 amide bonds. The molecule has 0 unspecified atom stereocenters. The van der Waals surface area contributed by atoms with Crippen LogP contribution in [0.3, 0.4) is 0 Å². The molecule has 1 saturated heterocycles. The molecule has 3 rings (SSSR count). The predicted octanol–water partition coefficient (Wildman–Crippen LogP) is 0.792. The van der Waals surface area contributed by atoms with Gasteiger partial charge in [-0.25, -0.2) is 0 Å². The molecule has 0 spiro atoms. The Hall–Kier alpha value is -1.79. The van der Waals surface area contributed by atoms with E-state index in [0.29, 0.717) is 24.9 Å². The van der Waals surface area contributed by atoms with Crippen LogP contribution in [0.1, 0.15) is 12.0 Å². The summed E-state index contributed by atoms with van der Waals surface area (Å²) in [6.45, 7) is 2.23. The molecule has 6 heteroatoms. The molecule has 1 aliphatic heterocycles. The first kappa shape index (κ1) is 10.4. The van der Waals surface area contributed by atoms with E-state index in [2.05, 4.69) is 20.4 Å². The maximum Gasteiger partial charge on any atom is 0.257 e. The van der Waals surface area contributed by atoms with E-state index in [4.69, 9.17) is 9.26 Å². The normalized spacial score (nSPS) is 20.4. The highest BCUT2D eigenvalue weighted by Crippen LogP contribution is 2.20. The van der Waals surface area contributed by atoms with E-state index >= 15 is 0 Å². The standard InChI is InChI=1S/C11H12N4O2/c1-2-8(6-12-3-1)10-14-11(17-15-10)9-7-13-4-5-16-9/h1-3,6,9,13H,4-5,7H2/t9-/m0/s1. The Labute approximate surface area is 98.0 Å². The SMILES string of the molecule is c1cncc(-c2noc([C@@H]3CNCCO3)n2)c1. The van der Waals surface area contributed by atoms with Crippen LogP contribution in [0.25, 0.3) is 11.4 Å². The van der Waals surface area contributed by atoms with Crippen molar-refractivity contribution in [2.45, 2.75) is 6.10 Å². The molecular formula is C11H12N4O2. The molecule has 0 aliphatic carbocycles. The maximum absolute atomic E-state index is 5.54. The number of nitrogens with zero attached hydrogens (tertiary/aromatic N) is 3. The molecule has 2 aromatic rings. The van der Waals surface area contributed by atoms with E-state index in [1.54, 1.807) is 12.4 Å². The van der Waals surface area contributed by atoms with Gasteiger partial charge in [0.2, 0.25) is 5.82 Å². The summed E-state index contributed by atoms with van der Waals surface area (Å²) in [6, 6.07) is 3.73. The van der Waals surface area contributed by atoms with Gasteiger partial charge in [0.25, 0.3) is 5.89 Å². The molecule has 6 nitrogen and oxygen atoms in total. The third-order valence-electron chi connectivity index (χ3n) is 2.56. The first-order valence-corrected chi connectivity index (χ1v) is 5.50. The Morgan fingerprint density at radius 1 is 1.41 bits per heavy atom. The number of hydrogen-bond donors (Lipinski definition) is 1. The lowest BCUT2D eigenvalue weighted by Gasteiger charge is -2.19. The number of nitrogens with one attached hydrogen (secondary N) is 1. The van der Waals surface area contributed by atoms with E-state index in [0.717, 1.165) is 12.1 Å². The summed E-state index contributed by atoms with van der Waals surface area (Å²) < 4.78 is 10.7. The van der Waals surface area contributed by atoms with Crippen LogP contribution in [0, 0.1) is 0 Å². The van der Waals surface area contributed by atoms with Crippen molar-refractivity contribution in [1.82, 2.24) is 20.4 Å². The van der Waals surface area contributed by atoms with Crippen LogP contribution in [0.2, 0.25) is 0 Å². The van der Waals surface area contributed by atoms with Crippen molar-refractivity contribution in [1.29, 1.82) is 0 Å². The van der Waals surface area contributed by atoms with E-state index in [1.807, 2.05) is 12.1 Å². The molecule has 1 fully saturated rings. The van der Waals surface area contributed by atoms with E-state index in [1.165, 1.54) is 0 Å². The monoisotopic (exact) mass is 232 g/mol. The zero-order valence-corrected chi connectivity index (χ0v) is 9.17. The summed E-state index contributed by atoms with van der Waals surface area (Å²) in [5, 5.41) is 7.14. The first-order chi connectivity index (χ1) is 8.43. The molecule has 17 heavy (non-hydrogen) atoms. The molecular weight excluding hydrogens is 220 g/mol. The number of ether oxygens (including phenoxy) is 1. The summed E-state index contributed by atoms with van der Waals surface area (Å²) in [6.07, 6.45) is 3.26. The third kappa shape index (κ3) is 2.17. The summed E-state index contributed by atoms with van der Waals surface area (Å²) in [5.41, 5.74) is 0.839. The fourth-order valence-corrected chi connectivity index (χ4v) is 1.70. The van der Waals surface area contributed by atoms with Gasteiger partial charge in [-0.1, -0.05) is 5.16 Å². The first-order valence-electron chi connectivity index (χ1n) is 5.50. The molecule has 0 aromatic carbocycles. The van der Waals surface area contributed by atoms with Gasteiger partial charge in [-0.15, -0.1) is 0 Å². The van der Waals surface area contributed by atoms with Crippen molar-refractivity contribution in [2.75, 3.05) is 19.7 Å². The average Bonchev–Trinajstić information content (AvgIpc) is 2.90. The minimum Gasteiger partial charge on any atom is -0.366 e. The summed E-state index contributed by atoms with van der Waals surface area (Å²) >= 11 is 0. The van der Waals surface area contributed by atoms with Gasteiger partial charge in [0.15, 0.2) is 0 Å². The fraction of sp³-hybridized carbons (Fsp3) is 0.364. The quantitative estimate of drug-likeness (QED) is 0.825. The van der Waals surface area contributed by atoms with E-state index < -0.39 is 0 Å². The molecule has 1 aliphatic rings. The summed E-state index contributed by atoms with van der Waals surface area (Å²) in [7, 11) is 0. The van der Waals surface area contributed by atoms with Crippen LogP contribution in [-0.2, 0) is 4.74 Å². The van der Waals surface area contributed by atoms with Crippen molar-refractivity contribution in [3.63, 3.8) is 0 Å². The topological polar surface area (TPSA) is 73.1 Å². The molecule has 0 bridgehead atoms. The Morgan fingerprint density at radius 3 is 3.18 bits per heavy atom. The van der Waals surface area contributed by atoms with Gasteiger partial charge in [0.1, 0.15) is 6.10 Å². The largest absolute Gasteiger partial charge is 0.366 e. The highest BCUT2D eigenvalue weighted by molar-refractivity contribution is 5.51. The number of hydrogen-bond acceptors (Lipinski definition) is 6. The van der Waals surface area contributed by atoms with E-state index in [9.17, 15) is 0 Å². The second-order valence-electron chi connectivity index (χ2n) is 3.76. The number of aromatic nitrogens is 3. The van der Waals surface area contributed by atoms with Gasteiger partial charge in [0, 0.05) is 31.0 Å². The van der Waals surface area contributed by atoms with Crippen LogP contribution >= 0.6 is 0 Å². The molecule has 2 aromatic heterocycles. The highest BCUT2D eigenvalue weighted by Gasteiger charge is 2.22. The number of pyridine rings is 1. The molecule has 3 heterocycles. The lowest BCUT2D eigenvalue weighted by molar-refractivity contribution is 0.00755. The van der Waals surface area contributed by atoms with Crippen LogP contribution in [0.5, 0.6) is 0 Å². The zero-order chi connectivity index (χ0) is 11.5. The summed E-state index contributed by atoms with van der Waals surface area (Å²) in [5.74, 6) is 1.05. The van der Waals surface area contributed by atoms with Crippen LogP contribution < -0.4 is 5.32 Å². The van der Waals surface area contributed by atoms with Crippen LogP contribution in [0.15, 0.2) is 29.0 Å². The van der Waals surface area contributed by atoms with Gasteiger partial charge in [-0.3, -0.25) is 4.98 Å². The number of morpholine rings is 1. The van der Waals surface area contributed by atoms with Crippen LogP contribution in [-0.4, -0.2) is 34.8 Å². The van der Waals surface area contributed by atoms with Gasteiger partial charge < -0.3 is 14.6 Å². The average molecular weight is 232 g/mol. The lowest BCUT2D eigenvalue weighted by Crippen LogP contribution is -2.33. The van der Waals surface area contributed by atoms with Gasteiger partial charge >= 0.3 is 0 Å². The maximum atomic E-state index is 5.54. The van der Waals surface area contributed by atoms with Crippen molar-refractivity contribution >= 4 is 0 Å². The minimum absolute atomic E-state index is 0.151. The molecule has 0 saturated carbocycles. The Morgan fingerprint density at radius 2 is 2.41 bits per heavy atom. The molecule has 1 atom stereocenters. The zero-order valence-electron chi connectivity index (χ0n) is 9.17. The molecule has 1 N–H and O–H groups in total. The van der Waals surface area contributed by atoms with E-state index in [-0.39, 0.29) is 6.10 Å². The van der Waals surface area contributed by atoms with Crippen LogP contribution in [0.4, 0.5) is 0 Å².